The number of amides is 1. The average molecular weight is 490 g/mol. The van der Waals surface area contributed by atoms with Crippen molar-refractivity contribution in [1.82, 2.24) is 4.90 Å². The number of benzene rings is 3. The number of nitrogens with zero attached hydrogens (tertiary/aromatic N) is 1. The van der Waals surface area contributed by atoms with E-state index in [1.54, 1.807) is 72.5 Å². The molecule has 0 spiro atoms. The predicted molar refractivity (Wildman–Crippen MR) is 125 cm³/mol. The van der Waals surface area contributed by atoms with Gasteiger partial charge in [-0.05, 0) is 61.2 Å². The minimum Gasteiger partial charge on any atom is -0.379 e. The van der Waals surface area contributed by atoms with Crippen LogP contribution in [0.3, 0.4) is 0 Å². The summed E-state index contributed by atoms with van der Waals surface area (Å²) in [5.74, 6) is 0.0543. The summed E-state index contributed by atoms with van der Waals surface area (Å²) in [5, 5.41) is 0.534. The second kappa shape index (κ2) is 9.14. The summed E-state index contributed by atoms with van der Waals surface area (Å²) in [4.78, 5) is 14.8. The van der Waals surface area contributed by atoms with Crippen LogP contribution >= 0.6 is 23.2 Å². The lowest BCUT2D eigenvalue weighted by molar-refractivity contribution is 0.0730. The SMILES string of the molecule is Cc1cccc(Cl)c1S(=O)(=O)Oc1ccc(CN(C(=O)c2ccccc2Cl)C2CC2)cc1. The third-order valence-corrected chi connectivity index (χ3v) is 7.46. The van der Waals surface area contributed by atoms with Crippen LogP contribution in [0.25, 0.3) is 0 Å². The lowest BCUT2D eigenvalue weighted by Gasteiger charge is -2.23. The van der Waals surface area contributed by atoms with Gasteiger partial charge in [0.2, 0.25) is 0 Å². The Morgan fingerprint density at radius 2 is 1.62 bits per heavy atom. The Morgan fingerprint density at radius 1 is 0.969 bits per heavy atom. The molecule has 1 saturated carbocycles. The van der Waals surface area contributed by atoms with Crippen molar-refractivity contribution in [3.8, 4) is 5.75 Å². The van der Waals surface area contributed by atoms with Gasteiger partial charge in [-0.3, -0.25) is 4.79 Å². The van der Waals surface area contributed by atoms with Crippen molar-refractivity contribution in [2.45, 2.75) is 37.2 Å². The van der Waals surface area contributed by atoms with Gasteiger partial charge in [-0.2, -0.15) is 8.42 Å². The molecule has 0 heterocycles. The van der Waals surface area contributed by atoms with Crippen LogP contribution in [0.5, 0.6) is 5.75 Å². The van der Waals surface area contributed by atoms with Gasteiger partial charge in [0.25, 0.3) is 5.91 Å². The van der Waals surface area contributed by atoms with Crippen LogP contribution in [-0.4, -0.2) is 25.3 Å². The van der Waals surface area contributed by atoms with Crippen LogP contribution in [0, 0.1) is 6.92 Å². The summed E-state index contributed by atoms with van der Waals surface area (Å²) in [6.07, 6.45) is 1.90. The molecule has 3 aromatic rings. The van der Waals surface area contributed by atoms with E-state index in [0.29, 0.717) is 22.7 Å². The summed E-state index contributed by atoms with van der Waals surface area (Å²) in [5.41, 5.74) is 1.84. The number of carbonyl (C=O) groups excluding carboxylic acids is 1. The van der Waals surface area contributed by atoms with E-state index in [4.69, 9.17) is 27.4 Å². The molecule has 0 N–H and O–H groups in total. The maximum atomic E-state index is 13.1. The molecule has 0 radical (unpaired) electrons. The van der Waals surface area contributed by atoms with Crippen LogP contribution in [0.1, 0.15) is 34.3 Å². The third-order valence-electron chi connectivity index (χ3n) is 5.25. The number of carbonyl (C=O) groups is 1. The molecule has 0 aromatic heterocycles. The summed E-state index contributed by atoms with van der Waals surface area (Å²) >= 11 is 12.3. The molecule has 4 rings (SSSR count). The fourth-order valence-electron chi connectivity index (χ4n) is 3.49. The van der Waals surface area contributed by atoms with Gasteiger partial charge in [-0.25, -0.2) is 0 Å². The topological polar surface area (TPSA) is 63.7 Å². The quantitative estimate of drug-likeness (QED) is 0.389. The molecule has 32 heavy (non-hydrogen) atoms. The normalized spacial score (nSPS) is 13.6. The van der Waals surface area contributed by atoms with Gasteiger partial charge in [0, 0.05) is 12.6 Å². The average Bonchev–Trinajstić information content (AvgIpc) is 3.58. The van der Waals surface area contributed by atoms with Gasteiger partial charge in [0.1, 0.15) is 10.6 Å². The highest BCUT2D eigenvalue weighted by Crippen LogP contribution is 2.32. The van der Waals surface area contributed by atoms with Crippen molar-refractivity contribution < 1.29 is 17.4 Å². The van der Waals surface area contributed by atoms with Gasteiger partial charge in [0.05, 0.1) is 15.6 Å². The van der Waals surface area contributed by atoms with E-state index in [2.05, 4.69) is 0 Å². The molecule has 5 nitrogen and oxygen atoms in total. The Bertz CT molecular complexity index is 1230. The third kappa shape index (κ3) is 4.93. The molecular weight excluding hydrogens is 469 g/mol. The van der Waals surface area contributed by atoms with Gasteiger partial charge >= 0.3 is 10.1 Å². The zero-order chi connectivity index (χ0) is 22.9. The summed E-state index contributed by atoms with van der Waals surface area (Å²) in [7, 11) is -4.08. The van der Waals surface area contributed by atoms with Crippen LogP contribution in [0.15, 0.2) is 71.6 Å². The number of rotatable bonds is 7. The van der Waals surface area contributed by atoms with Gasteiger partial charge in [-0.1, -0.05) is 59.6 Å². The Kier molecular flexibility index (Phi) is 6.47. The monoisotopic (exact) mass is 489 g/mol. The van der Waals surface area contributed by atoms with Crippen molar-refractivity contribution in [2.24, 2.45) is 0 Å². The molecule has 0 aliphatic heterocycles. The summed E-state index contributed by atoms with van der Waals surface area (Å²) < 4.78 is 30.7. The molecule has 1 amide bonds. The molecule has 0 atom stereocenters. The second-order valence-corrected chi connectivity index (χ2v) is 10.0. The first kappa shape index (κ1) is 22.6. The minimum atomic E-state index is -4.08. The molecule has 1 fully saturated rings. The van der Waals surface area contributed by atoms with E-state index in [1.807, 2.05) is 0 Å². The van der Waals surface area contributed by atoms with Gasteiger partial charge in [0.15, 0.2) is 0 Å². The maximum Gasteiger partial charge on any atom is 0.340 e. The number of hydrogen-bond donors (Lipinski definition) is 0. The Balaban J connectivity index is 1.51. The van der Waals surface area contributed by atoms with Crippen molar-refractivity contribution >= 4 is 39.2 Å². The van der Waals surface area contributed by atoms with Gasteiger partial charge < -0.3 is 9.08 Å². The molecule has 1 aliphatic carbocycles. The largest absolute Gasteiger partial charge is 0.379 e. The van der Waals surface area contributed by atoms with Crippen molar-refractivity contribution in [3.63, 3.8) is 0 Å². The van der Waals surface area contributed by atoms with Crippen LogP contribution in [0.2, 0.25) is 10.0 Å². The first-order valence-electron chi connectivity index (χ1n) is 10.1. The highest BCUT2D eigenvalue weighted by Gasteiger charge is 2.33. The first-order valence-corrected chi connectivity index (χ1v) is 12.3. The molecule has 0 bridgehead atoms. The predicted octanol–water partition coefficient (Wildman–Crippen LogP) is 5.87. The molecule has 8 heteroatoms. The van der Waals surface area contributed by atoms with Crippen LogP contribution < -0.4 is 4.18 Å². The highest BCUT2D eigenvalue weighted by molar-refractivity contribution is 7.87. The molecular formula is C24H21Cl2NO4S. The minimum absolute atomic E-state index is 0.0454. The van der Waals surface area contributed by atoms with Crippen molar-refractivity contribution in [3.05, 3.63) is 93.5 Å². The van der Waals surface area contributed by atoms with E-state index in [9.17, 15) is 13.2 Å². The lowest BCUT2D eigenvalue weighted by atomic mass is 10.1. The van der Waals surface area contributed by atoms with Crippen molar-refractivity contribution in [1.29, 1.82) is 0 Å². The van der Waals surface area contributed by atoms with E-state index < -0.39 is 10.1 Å². The zero-order valence-corrected chi connectivity index (χ0v) is 19.6. The van der Waals surface area contributed by atoms with Crippen LogP contribution in [0.4, 0.5) is 0 Å². The van der Waals surface area contributed by atoms with E-state index in [-0.39, 0.29) is 27.6 Å². The zero-order valence-electron chi connectivity index (χ0n) is 17.3. The van der Waals surface area contributed by atoms with E-state index >= 15 is 0 Å². The number of halogens is 2. The maximum absolute atomic E-state index is 13.1. The van der Waals surface area contributed by atoms with Gasteiger partial charge in [-0.15, -0.1) is 0 Å². The summed E-state index contributed by atoms with van der Waals surface area (Å²) in [6.45, 7) is 2.05. The van der Waals surface area contributed by atoms with E-state index in [1.165, 1.54) is 6.07 Å². The fraction of sp³-hybridized carbons (Fsp3) is 0.208. The molecule has 0 saturated heterocycles. The number of aryl methyl sites for hydroxylation is 1. The Labute approximate surface area is 197 Å². The molecule has 166 valence electrons. The van der Waals surface area contributed by atoms with Crippen LogP contribution in [-0.2, 0) is 16.7 Å². The number of hydrogen-bond acceptors (Lipinski definition) is 4. The molecule has 3 aromatic carbocycles. The summed E-state index contributed by atoms with van der Waals surface area (Å²) in [6, 6.07) is 18.7. The fourth-order valence-corrected chi connectivity index (χ4v) is 5.43. The molecule has 1 aliphatic rings. The van der Waals surface area contributed by atoms with E-state index in [0.717, 1.165) is 18.4 Å². The molecule has 0 unspecified atom stereocenters. The first-order chi connectivity index (χ1) is 15.3. The Hall–Kier alpha value is -2.54. The Morgan fingerprint density at radius 3 is 2.25 bits per heavy atom. The highest BCUT2D eigenvalue weighted by atomic mass is 35.5. The standard InChI is InChI=1S/C24H21Cl2NO4S/c1-16-5-4-8-22(26)23(16)32(29,30)31-19-13-9-17(10-14-19)15-27(18-11-12-18)24(28)20-6-2-3-7-21(20)25/h2-10,13-14,18H,11-12,15H2,1H3. The van der Waals surface area contributed by atoms with Crippen molar-refractivity contribution in [2.75, 3.05) is 0 Å². The lowest BCUT2D eigenvalue weighted by Crippen LogP contribution is -2.32. The smallest absolute Gasteiger partial charge is 0.340 e. The second-order valence-electron chi connectivity index (χ2n) is 7.71.